The van der Waals surface area contributed by atoms with Crippen molar-refractivity contribution in [2.75, 3.05) is 17.2 Å². The lowest BCUT2D eigenvalue weighted by molar-refractivity contribution is -0.274. The molecule has 184 valence electrons. The monoisotopic (exact) mass is 486 g/mol. The first-order chi connectivity index (χ1) is 16.7. The van der Waals surface area contributed by atoms with Crippen LogP contribution in [-0.2, 0) is 13.0 Å². The van der Waals surface area contributed by atoms with Gasteiger partial charge in [0.15, 0.2) is 0 Å². The molecule has 1 aliphatic heterocycles. The highest BCUT2D eigenvalue weighted by Gasteiger charge is 2.31. The minimum Gasteiger partial charge on any atom is -0.437 e. The number of amides is 2. The lowest BCUT2D eigenvalue weighted by atomic mass is 9.98. The molecule has 1 aliphatic rings. The summed E-state index contributed by atoms with van der Waals surface area (Å²) in [5.41, 5.74) is 2.95. The quantitative estimate of drug-likeness (QED) is 0.435. The second-order valence-electron chi connectivity index (χ2n) is 8.32. The fraction of sp³-hybridized carbons (Fsp3) is 0.280. The number of carbonyl (C=O) groups is 1. The van der Waals surface area contributed by atoms with Crippen LogP contribution < -0.4 is 20.1 Å². The van der Waals surface area contributed by atoms with E-state index in [1.807, 2.05) is 12.1 Å². The molecule has 0 unspecified atom stereocenters. The maximum Gasteiger partial charge on any atom is 0.573 e. The minimum atomic E-state index is -4.78. The van der Waals surface area contributed by atoms with Gasteiger partial charge in [0.25, 0.3) is 0 Å². The molecule has 2 heterocycles. The van der Waals surface area contributed by atoms with E-state index < -0.39 is 12.4 Å². The number of urea groups is 1. The molecule has 0 radical (unpaired) electrons. The van der Waals surface area contributed by atoms with Gasteiger partial charge in [0.2, 0.25) is 5.88 Å². The minimum absolute atomic E-state index is 0.233. The molecule has 1 aromatic heterocycles. The number of ether oxygens (including phenoxy) is 2. The Morgan fingerprint density at radius 1 is 1.06 bits per heavy atom. The number of nitrogens with one attached hydrogen (secondary N) is 2. The van der Waals surface area contributed by atoms with E-state index in [0.29, 0.717) is 17.5 Å². The molecule has 35 heavy (non-hydrogen) atoms. The highest BCUT2D eigenvalue weighted by Crippen LogP contribution is 2.34. The molecule has 0 aliphatic carbocycles. The Hall–Kier alpha value is -3.79. The third-order valence-corrected chi connectivity index (χ3v) is 5.55. The zero-order chi connectivity index (χ0) is 25.0. The van der Waals surface area contributed by atoms with Crippen LogP contribution in [0, 0.1) is 0 Å². The van der Waals surface area contributed by atoms with Gasteiger partial charge in [-0.1, -0.05) is 12.1 Å². The van der Waals surface area contributed by atoms with E-state index in [9.17, 15) is 18.0 Å². The van der Waals surface area contributed by atoms with E-state index in [-0.39, 0.29) is 17.3 Å². The van der Waals surface area contributed by atoms with Crippen molar-refractivity contribution in [1.29, 1.82) is 0 Å². The fourth-order valence-corrected chi connectivity index (χ4v) is 3.83. The number of carbonyl (C=O) groups excluding carboxylic acids is 1. The Balaban J connectivity index is 1.44. The average molecular weight is 486 g/mol. The van der Waals surface area contributed by atoms with E-state index in [1.165, 1.54) is 17.7 Å². The number of benzene rings is 2. The Morgan fingerprint density at radius 2 is 1.83 bits per heavy atom. The number of pyridine rings is 1. The predicted octanol–water partition coefficient (Wildman–Crippen LogP) is 6.18. The van der Waals surface area contributed by atoms with Crippen LogP contribution in [0.1, 0.15) is 25.0 Å². The molecule has 4 rings (SSSR count). The number of alkyl halides is 3. The Labute approximate surface area is 200 Å². The Bertz CT molecular complexity index is 1180. The van der Waals surface area contributed by atoms with Gasteiger partial charge in [-0.15, -0.1) is 13.2 Å². The van der Waals surface area contributed by atoms with Gasteiger partial charge in [0.1, 0.15) is 17.2 Å². The molecule has 2 aromatic carbocycles. The normalized spacial score (nSPS) is 13.8. The zero-order valence-corrected chi connectivity index (χ0v) is 19.2. The van der Waals surface area contributed by atoms with Gasteiger partial charge >= 0.3 is 12.4 Å². The number of nitrogens with zero attached hydrogens (tertiary/aromatic N) is 2. The third kappa shape index (κ3) is 6.42. The highest BCUT2D eigenvalue weighted by molar-refractivity contribution is 6.00. The molecule has 0 spiro atoms. The average Bonchev–Trinajstić information content (AvgIpc) is 2.80. The van der Waals surface area contributed by atoms with Crippen molar-refractivity contribution in [3.63, 3.8) is 0 Å². The number of rotatable bonds is 6. The van der Waals surface area contributed by atoms with Crippen LogP contribution in [0.5, 0.6) is 17.4 Å². The summed E-state index contributed by atoms with van der Waals surface area (Å²) in [5.74, 6) is 0.540. The van der Waals surface area contributed by atoms with E-state index >= 15 is 0 Å². The number of hydrogen-bond donors (Lipinski definition) is 2. The number of fused-ring (bicyclic) bond motifs is 1. The van der Waals surface area contributed by atoms with Gasteiger partial charge in [-0.25, -0.2) is 9.78 Å². The summed E-state index contributed by atoms with van der Waals surface area (Å²) in [5, 5.41) is 5.24. The summed E-state index contributed by atoms with van der Waals surface area (Å²) < 4.78 is 46.9. The first-order valence-electron chi connectivity index (χ1n) is 11.1. The molecular formula is C25H25F3N4O3. The van der Waals surface area contributed by atoms with Gasteiger partial charge in [0, 0.05) is 36.6 Å². The molecule has 10 heteroatoms. The van der Waals surface area contributed by atoms with Crippen LogP contribution >= 0.6 is 0 Å². The van der Waals surface area contributed by atoms with Crippen molar-refractivity contribution in [3.05, 3.63) is 71.9 Å². The molecule has 0 atom stereocenters. The van der Waals surface area contributed by atoms with Crippen LogP contribution in [0.15, 0.2) is 60.8 Å². The summed E-state index contributed by atoms with van der Waals surface area (Å²) in [7, 11) is 0. The van der Waals surface area contributed by atoms with Crippen molar-refractivity contribution in [2.24, 2.45) is 0 Å². The number of aromatic nitrogens is 1. The summed E-state index contributed by atoms with van der Waals surface area (Å²) in [6.07, 6.45) is -2.38. The molecule has 7 nitrogen and oxygen atoms in total. The van der Waals surface area contributed by atoms with Gasteiger partial charge in [-0.3, -0.25) is 4.90 Å². The molecular weight excluding hydrogens is 461 g/mol. The van der Waals surface area contributed by atoms with Crippen LogP contribution in [0.4, 0.5) is 29.3 Å². The smallest absolute Gasteiger partial charge is 0.437 e. The summed E-state index contributed by atoms with van der Waals surface area (Å²) in [4.78, 5) is 19.2. The van der Waals surface area contributed by atoms with Gasteiger partial charge in [-0.05, 0) is 68.3 Å². The second-order valence-corrected chi connectivity index (χ2v) is 8.32. The molecule has 2 N–H and O–H groups in total. The summed E-state index contributed by atoms with van der Waals surface area (Å²) in [6.45, 7) is 6.11. The largest absolute Gasteiger partial charge is 0.573 e. The first kappa shape index (κ1) is 24.3. The fourth-order valence-electron chi connectivity index (χ4n) is 3.83. The van der Waals surface area contributed by atoms with Crippen molar-refractivity contribution in [1.82, 2.24) is 9.88 Å². The summed E-state index contributed by atoms with van der Waals surface area (Å²) >= 11 is 0. The van der Waals surface area contributed by atoms with Crippen molar-refractivity contribution < 1.29 is 27.4 Å². The molecule has 0 fully saturated rings. The van der Waals surface area contributed by atoms with E-state index in [4.69, 9.17) is 4.74 Å². The van der Waals surface area contributed by atoms with E-state index in [1.54, 1.807) is 18.3 Å². The number of halogens is 3. The first-order valence-corrected chi connectivity index (χ1v) is 11.1. The Kier molecular flexibility index (Phi) is 7.11. The number of hydrogen-bond acceptors (Lipinski definition) is 5. The van der Waals surface area contributed by atoms with Gasteiger partial charge in [-0.2, -0.15) is 0 Å². The molecule has 2 amide bonds. The summed E-state index contributed by atoms with van der Waals surface area (Å²) in [6, 6.07) is 13.9. The van der Waals surface area contributed by atoms with Crippen molar-refractivity contribution in [3.8, 4) is 17.4 Å². The van der Waals surface area contributed by atoms with Gasteiger partial charge in [0.05, 0.1) is 0 Å². The zero-order valence-electron chi connectivity index (χ0n) is 19.2. The van der Waals surface area contributed by atoms with Crippen molar-refractivity contribution >= 4 is 17.4 Å². The SMILES string of the molecule is CC(C)N1CCc2c(cccc2Oc2ncccc2NC(=O)Nc2ccc(OC(F)(F)F)cc2)C1. The molecule has 0 saturated carbocycles. The topological polar surface area (TPSA) is 75.7 Å². The van der Waals surface area contributed by atoms with Crippen LogP contribution in [-0.4, -0.2) is 34.9 Å². The molecule has 3 aromatic rings. The van der Waals surface area contributed by atoms with Gasteiger partial charge < -0.3 is 20.1 Å². The second kappa shape index (κ2) is 10.2. The maximum atomic E-state index is 12.5. The number of anilines is 2. The standard InChI is InChI=1S/C25H25F3N4O3/c1-16(2)32-14-12-20-17(15-32)5-3-7-22(20)34-23-21(6-4-13-29-23)31-24(33)30-18-8-10-19(11-9-18)35-25(26,27)28/h3-11,13,16H,12,14-15H2,1-2H3,(H2,30,31,33). The van der Waals surface area contributed by atoms with Crippen molar-refractivity contribution in [2.45, 2.75) is 39.2 Å². The lowest BCUT2D eigenvalue weighted by Crippen LogP contribution is -2.35. The lowest BCUT2D eigenvalue weighted by Gasteiger charge is -2.32. The van der Waals surface area contributed by atoms with Crippen LogP contribution in [0.3, 0.4) is 0 Å². The van der Waals surface area contributed by atoms with E-state index in [2.05, 4.69) is 45.2 Å². The van der Waals surface area contributed by atoms with Crippen LogP contribution in [0.25, 0.3) is 0 Å². The Morgan fingerprint density at radius 3 is 2.54 bits per heavy atom. The maximum absolute atomic E-state index is 12.5. The molecule has 0 bridgehead atoms. The highest BCUT2D eigenvalue weighted by atomic mass is 19.4. The van der Waals surface area contributed by atoms with Crippen LogP contribution in [0.2, 0.25) is 0 Å². The third-order valence-electron chi connectivity index (χ3n) is 5.55. The molecule has 0 saturated heterocycles. The van der Waals surface area contributed by atoms with E-state index in [0.717, 1.165) is 37.2 Å². The predicted molar refractivity (Wildman–Crippen MR) is 126 cm³/mol.